The Labute approximate surface area is 103 Å². The minimum absolute atomic E-state index is 0.0461. The molecule has 2 heteroatoms. The maximum Gasteiger partial charge on any atom is 0.251 e. The Balaban J connectivity index is 2.76. The first-order valence-electron chi connectivity index (χ1n) is 5.90. The van der Waals surface area contributed by atoms with Crippen LogP contribution in [0.3, 0.4) is 0 Å². The molecule has 0 aliphatic carbocycles. The van der Waals surface area contributed by atoms with Crippen LogP contribution in [0.2, 0.25) is 0 Å². The third-order valence-electron chi connectivity index (χ3n) is 2.96. The van der Waals surface area contributed by atoms with E-state index in [1.165, 1.54) is 5.56 Å². The van der Waals surface area contributed by atoms with Gasteiger partial charge < -0.3 is 5.32 Å². The van der Waals surface area contributed by atoms with Crippen LogP contribution in [0.4, 0.5) is 0 Å². The summed E-state index contributed by atoms with van der Waals surface area (Å²) in [6, 6.07) is 5.79. The van der Waals surface area contributed by atoms with Crippen LogP contribution in [-0.4, -0.2) is 11.9 Å². The fourth-order valence-corrected chi connectivity index (χ4v) is 1.59. The molecule has 0 spiro atoms. The molecule has 1 rings (SSSR count). The van der Waals surface area contributed by atoms with Crippen molar-refractivity contribution in [1.82, 2.24) is 5.32 Å². The predicted octanol–water partition coefficient (Wildman–Crippen LogP) is 2.84. The molecule has 0 aliphatic rings. The molecule has 2 nitrogen and oxygen atoms in total. The fourth-order valence-electron chi connectivity index (χ4n) is 1.59. The molecule has 1 aromatic rings. The lowest BCUT2D eigenvalue weighted by Crippen LogP contribution is -2.34. The number of benzene rings is 1. The molecule has 0 aromatic heterocycles. The van der Waals surface area contributed by atoms with Crippen molar-refractivity contribution in [2.24, 2.45) is 0 Å². The van der Waals surface area contributed by atoms with Crippen LogP contribution in [-0.2, 0) is 0 Å². The lowest BCUT2D eigenvalue weighted by atomic mass is 10.1. The summed E-state index contributed by atoms with van der Waals surface area (Å²) in [4.78, 5) is 12.0. The number of carbonyl (C=O) groups excluding carboxylic acids is 1. The van der Waals surface area contributed by atoms with Gasteiger partial charge in [0.15, 0.2) is 0 Å². The molecule has 0 saturated heterocycles. The van der Waals surface area contributed by atoms with E-state index in [0.29, 0.717) is 12.0 Å². The van der Waals surface area contributed by atoms with E-state index in [9.17, 15) is 4.79 Å². The van der Waals surface area contributed by atoms with Crippen LogP contribution in [0, 0.1) is 26.2 Å². The van der Waals surface area contributed by atoms with Crippen molar-refractivity contribution in [2.45, 2.75) is 39.7 Å². The Hall–Kier alpha value is -1.75. The van der Waals surface area contributed by atoms with Gasteiger partial charge in [0.2, 0.25) is 0 Å². The number of carbonyl (C=O) groups is 1. The highest BCUT2D eigenvalue weighted by molar-refractivity contribution is 5.94. The van der Waals surface area contributed by atoms with Crippen LogP contribution in [0.25, 0.3) is 0 Å². The Morgan fingerprint density at radius 3 is 2.65 bits per heavy atom. The highest BCUT2D eigenvalue weighted by Gasteiger charge is 2.11. The quantitative estimate of drug-likeness (QED) is 0.790. The first kappa shape index (κ1) is 13.3. The number of amides is 1. The molecule has 0 saturated carbocycles. The van der Waals surface area contributed by atoms with Gasteiger partial charge in [-0.1, -0.05) is 13.0 Å². The summed E-state index contributed by atoms with van der Waals surface area (Å²) in [6.45, 7) is 6.05. The number of aryl methyl sites for hydroxylation is 2. The molecule has 90 valence electrons. The van der Waals surface area contributed by atoms with Gasteiger partial charge in [0.25, 0.3) is 5.91 Å². The maximum absolute atomic E-state index is 12.0. The molecule has 1 unspecified atom stereocenters. The first-order valence-corrected chi connectivity index (χ1v) is 5.90. The van der Waals surface area contributed by atoms with Crippen LogP contribution in [0.5, 0.6) is 0 Å². The zero-order valence-corrected chi connectivity index (χ0v) is 10.7. The van der Waals surface area contributed by atoms with Gasteiger partial charge in [0.05, 0.1) is 0 Å². The van der Waals surface area contributed by atoms with E-state index in [1.54, 1.807) is 0 Å². The van der Waals surface area contributed by atoms with Crippen molar-refractivity contribution >= 4 is 5.91 Å². The van der Waals surface area contributed by atoms with Gasteiger partial charge in [-0.25, -0.2) is 0 Å². The van der Waals surface area contributed by atoms with Gasteiger partial charge in [-0.3, -0.25) is 4.79 Å². The van der Waals surface area contributed by atoms with Crippen molar-refractivity contribution in [1.29, 1.82) is 0 Å². The number of hydrogen-bond donors (Lipinski definition) is 1. The Kier molecular flexibility index (Phi) is 4.78. The summed E-state index contributed by atoms with van der Waals surface area (Å²) >= 11 is 0. The van der Waals surface area contributed by atoms with Gasteiger partial charge in [0, 0.05) is 18.0 Å². The molecular formula is C15H19NO. The van der Waals surface area contributed by atoms with E-state index < -0.39 is 0 Å². The number of nitrogens with one attached hydrogen (secondary N) is 1. The zero-order chi connectivity index (χ0) is 12.8. The second-order valence-corrected chi connectivity index (χ2v) is 4.29. The van der Waals surface area contributed by atoms with Gasteiger partial charge >= 0.3 is 0 Å². The molecule has 1 amide bonds. The monoisotopic (exact) mass is 229 g/mol. The second-order valence-electron chi connectivity index (χ2n) is 4.29. The topological polar surface area (TPSA) is 29.1 Å². The van der Waals surface area contributed by atoms with Crippen molar-refractivity contribution in [3.63, 3.8) is 0 Å². The van der Waals surface area contributed by atoms with Crippen LogP contribution in [0.15, 0.2) is 18.2 Å². The average Bonchev–Trinajstić information content (AvgIpc) is 2.31. The van der Waals surface area contributed by atoms with E-state index in [4.69, 9.17) is 6.42 Å². The lowest BCUT2D eigenvalue weighted by molar-refractivity contribution is 0.0936. The first-order chi connectivity index (χ1) is 8.08. The summed E-state index contributed by atoms with van der Waals surface area (Å²) in [7, 11) is 0. The van der Waals surface area contributed by atoms with E-state index in [1.807, 2.05) is 39.0 Å². The Morgan fingerprint density at radius 2 is 2.12 bits per heavy atom. The van der Waals surface area contributed by atoms with Crippen molar-refractivity contribution in [2.75, 3.05) is 0 Å². The third-order valence-corrected chi connectivity index (χ3v) is 2.96. The number of terminal acetylenes is 1. The zero-order valence-electron chi connectivity index (χ0n) is 10.7. The summed E-state index contributed by atoms with van der Waals surface area (Å²) in [5.74, 6) is 2.54. The summed E-state index contributed by atoms with van der Waals surface area (Å²) < 4.78 is 0. The minimum Gasteiger partial charge on any atom is -0.348 e. The highest BCUT2D eigenvalue weighted by atomic mass is 16.1. The molecule has 0 fully saturated rings. The summed E-state index contributed by atoms with van der Waals surface area (Å²) in [5, 5.41) is 2.95. The van der Waals surface area contributed by atoms with Crippen molar-refractivity contribution in [3.8, 4) is 12.3 Å². The molecule has 0 radical (unpaired) electrons. The Morgan fingerprint density at radius 1 is 1.41 bits per heavy atom. The maximum atomic E-state index is 12.0. The SMILES string of the molecule is C#CCC(CC)NC(=O)c1ccc(C)c(C)c1. The normalized spacial score (nSPS) is 11.6. The molecular weight excluding hydrogens is 210 g/mol. The largest absolute Gasteiger partial charge is 0.348 e. The molecule has 1 atom stereocenters. The Bertz CT molecular complexity index is 443. The minimum atomic E-state index is -0.0461. The highest BCUT2D eigenvalue weighted by Crippen LogP contribution is 2.10. The smallest absolute Gasteiger partial charge is 0.251 e. The van der Waals surface area contributed by atoms with E-state index in [-0.39, 0.29) is 11.9 Å². The summed E-state index contributed by atoms with van der Waals surface area (Å²) in [6.07, 6.45) is 6.69. The predicted molar refractivity (Wildman–Crippen MR) is 70.9 cm³/mol. The lowest BCUT2D eigenvalue weighted by Gasteiger charge is -2.14. The van der Waals surface area contributed by atoms with Crippen molar-refractivity contribution in [3.05, 3.63) is 34.9 Å². The van der Waals surface area contributed by atoms with Crippen molar-refractivity contribution < 1.29 is 4.79 Å². The molecule has 0 heterocycles. The standard InChI is InChI=1S/C15H19NO/c1-5-7-14(6-2)16-15(17)13-9-8-11(3)12(4)10-13/h1,8-10,14H,6-7H2,2-4H3,(H,16,17). The van der Waals surface area contributed by atoms with Crippen LogP contribution < -0.4 is 5.32 Å². The second kappa shape index (κ2) is 6.10. The molecule has 0 bridgehead atoms. The van der Waals surface area contributed by atoms with Gasteiger partial charge in [-0.05, 0) is 43.5 Å². The van der Waals surface area contributed by atoms with Gasteiger partial charge in [-0.2, -0.15) is 0 Å². The van der Waals surface area contributed by atoms with E-state index in [0.717, 1.165) is 12.0 Å². The fraction of sp³-hybridized carbons (Fsp3) is 0.400. The van der Waals surface area contributed by atoms with E-state index >= 15 is 0 Å². The molecule has 0 aliphatic heterocycles. The molecule has 1 N–H and O–H groups in total. The van der Waals surface area contributed by atoms with Gasteiger partial charge in [0.1, 0.15) is 0 Å². The number of rotatable bonds is 4. The third kappa shape index (κ3) is 3.64. The number of hydrogen-bond acceptors (Lipinski definition) is 1. The van der Waals surface area contributed by atoms with Crippen LogP contribution in [0.1, 0.15) is 41.3 Å². The summed E-state index contributed by atoms with van der Waals surface area (Å²) in [5.41, 5.74) is 3.02. The van der Waals surface area contributed by atoms with Crippen LogP contribution >= 0.6 is 0 Å². The average molecular weight is 229 g/mol. The molecule has 1 aromatic carbocycles. The van der Waals surface area contributed by atoms with Gasteiger partial charge in [-0.15, -0.1) is 12.3 Å². The van der Waals surface area contributed by atoms with E-state index in [2.05, 4.69) is 11.2 Å². The molecule has 17 heavy (non-hydrogen) atoms.